The summed E-state index contributed by atoms with van der Waals surface area (Å²) in [5, 5.41) is 9.53. The van der Waals surface area contributed by atoms with Crippen LogP contribution in [-0.2, 0) is 27.8 Å². The minimum Gasteiger partial charge on any atom is -0.486 e. The van der Waals surface area contributed by atoms with Crippen molar-refractivity contribution in [1.29, 1.82) is 0 Å². The fourth-order valence-electron chi connectivity index (χ4n) is 6.01. The number of carbonyl (C=O) groups is 2. The molecule has 1 aliphatic carbocycles. The number of nitrogens with zero attached hydrogens (tertiary/aromatic N) is 1. The predicted octanol–water partition coefficient (Wildman–Crippen LogP) is 8.09. The van der Waals surface area contributed by atoms with E-state index < -0.39 is 5.97 Å². The van der Waals surface area contributed by atoms with Crippen LogP contribution in [0.2, 0.25) is 0 Å². The lowest BCUT2D eigenvalue weighted by Gasteiger charge is -2.36. The number of aromatic carboxylic acids is 1. The first-order valence-corrected chi connectivity index (χ1v) is 15.6. The highest BCUT2D eigenvalue weighted by atomic mass is 16.5. The number of para-hydroxylation sites is 1. The SMILES string of the molecule is COC(=O)CCCCN(CCc1ccccc1O[C@@H](C)c1ccc(C(C)(C)C)cc1)C1CCCc2cc(C(=O)O)ccc21. The molecule has 0 saturated carbocycles. The van der Waals surface area contributed by atoms with Gasteiger partial charge in [-0.05, 0) is 103 Å². The molecule has 0 bridgehead atoms. The second-order valence-corrected chi connectivity index (χ2v) is 12.7. The molecule has 230 valence electrons. The molecule has 0 radical (unpaired) electrons. The van der Waals surface area contributed by atoms with Crippen molar-refractivity contribution in [3.8, 4) is 5.75 Å². The van der Waals surface area contributed by atoms with Gasteiger partial charge < -0.3 is 14.6 Å². The Morgan fingerprint density at radius 2 is 1.74 bits per heavy atom. The van der Waals surface area contributed by atoms with E-state index >= 15 is 0 Å². The van der Waals surface area contributed by atoms with Gasteiger partial charge >= 0.3 is 11.9 Å². The maximum absolute atomic E-state index is 11.7. The van der Waals surface area contributed by atoms with Crippen molar-refractivity contribution in [2.45, 2.75) is 90.2 Å². The Morgan fingerprint density at radius 1 is 1.00 bits per heavy atom. The maximum Gasteiger partial charge on any atom is 0.335 e. The van der Waals surface area contributed by atoms with Crippen LogP contribution in [-0.4, -0.2) is 42.1 Å². The van der Waals surface area contributed by atoms with E-state index in [9.17, 15) is 14.7 Å². The van der Waals surface area contributed by atoms with Crippen molar-refractivity contribution in [3.63, 3.8) is 0 Å². The van der Waals surface area contributed by atoms with Gasteiger partial charge in [-0.3, -0.25) is 9.69 Å². The Balaban J connectivity index is 1.50. The highest BCUT2D eigenvalue weighted by Gasteiger charge is 2.27. The van der Waals surface area contributed by atoms with Crippen LogP contribution in [0.25, 0.3) is 0 Å². The molecule has 6 nitrogen and oxygen atoms in total. The van der Waals surface area contributed by atoms with Crippen molar-refractivity contribution < 1.29 is 24.2 Å². The number of ether oxygens (including phenoxy) is 2. The van der Waals surface area contributed by atoms with Crippen LogP contribution in [0.4, 0.5) is 0 Å². The summed E-state index contributed by atoms with van der Waals surface area (Å²) in [4.78, 5) is 25.8. The number of rotatable bonds is 13. The lowest BCUT2D eigenvalue weighted by Crippen LogP contribution is -2.34. The van der Waals surface area contributed by atoms with E-state index in [2.05, 4.69) is 75.1 Å². The number of methoxy groups -OCH3 is 1. The third-order valence-electron chi connectivity index (χ3n) is 8.61. The number of hydrogen-bond acceptors (Lipinski definition) is 5. The lowest BCUT2D eigenvalue weighted by molar-refractivity contribution is -0.140. The number of unbranched alkanes of at least 4 members (excludes halogenated alkanes) is 1. The molecule has 4 rings (SSSR count). The molecule has 0 aliphatic heterocycles. The van der Waals surface area contributed by atoms with Crippen LogP contribution in [0.5, 0.6) is 5.75 Å². The second-order valence-electron chi connectivity index (χ2n) is 12.7. The molecule has 0 amide bonds. The number of carbonyl (C=O) groups excluding carboxylic acids is 1. The molecule has 0 heterocycles. The molecule has 0 saturated heterocycles. The molecule has 1 N–H and O–H groups in total. The Hall–Kier alpha value is -3.64. The average Bonchev–Trinajstić information content (AvgIpc) is 3.00. The summed E-state index contributed by atoms with van der Waals surface area (Å²) in [5.74, 6) is -0.166. The van der Waals surface area contributed by atoms with Gasteiger partial charge in [0.25, 0.3) is 0 Å². The van der Waals surface area contributed by atoms with Gasteiger partial charge in [0.05, 0.1) is 12.7 Å². The summed E-state index contributed by atoms with van der Waals surface area (Å²) >= 11 is 0. The lowest BCUT2D eigenvalue weighted by atomic mass is 9.85. The van der Waals surface area contributed by atoms with E-state index in [1.165, 1.54) is 18.2 Å². The first-order chi connectivity index (χ1) is 20.6. The van der Waals surface area contributed by atoms with Crippen molar-refractivity contribution in [1.82, 2.24) is 4.90 Å². The molecular weight excluding hydrogens is 538 g/mol. The highest BCUT2D eigenvalue weighted by molar-refractivity contribution is 5.88. The fraction of sp³-hybridized carbons (Fsp3) is 0.459. The molecule has 0 spiro atoms. The van der Waals surface area contributed by atoms with Crippen LogP contribution in [0.3, 0.4) is 0 Å². The van der Waals surface area contributed by atoms with Crippen LogP contribution >= 0.6 is 0 Å². The van der Waals surface area contributed by atoms with Gasteiger partial charge in [-0.2, -0.15) is 0 Å². The predicted molar refractivity (Wildman–Crippen MR) is 171 cm³/mol. The van der Waals surface area contributed by atoms with Crippen LogP contribution < -0.4 is 4.74 Å². The fourth-order valence-corrected chi connectivity index (χ4v) is 6.01. The van der Waals surface area contributed by atoms with Crippen molar-refractivity contribution in [3.05, 3.63) is 100 Å². The summed E-state index contributed by atoms with van der Waals surface area (Å²) < 4.78 is 11.4. The van der Waals surface area contributed by atoms with Gasteiger partial charge in [0.15, 0.2) is 0 Å². The van der Waals surface area contributed by atoms with E-state index in [4.69, 9.17) is 9.47 Å². The number of esters is 1. The third kappa shape index (κ3) is 8.70. The molecule has 3 aromatic carbocycles. The van der Waals surface area contributed by atoms with Crippen molar-refractivity contribution in [2.24, 2.45) is 0 Å². The first-order valence-electron chi connectivity index (χ1n) is 15.6. The zero-order chi connectivity index (χ0) is 31.0. The van der Waals surface area contributed by atoms with E-state index in [0.717, 1.165) is 74.1 Å². The molecule has 0 aromatic heterocycles. The summed E-state index contributed by atoms with van der Waals surface area (Å²) in [7, 11) is 1.43. The zero-order valence-electron chi connectivity index (χ0n) is 26.4. The smallest absolute Gasteiger partial charge is 0.335 e. The van der Waals surface area contributed by atoms with E-state index in [1.54, 1.807) is 6.07 Å². The quantitative estimate of drug-likeness (QED) is 0.161. The monoisotopic (exact) mass is 585 g/mol. The minimum absolute atomic E-state index is 0.0850. The van der Waals surface area contributed by atoms with Crippen LogP contribution in [0, 0.1) is 0 Å². The number of carboxylic acids is 1. The highest BCUT2D eigenvalue weighted by Crippen LogP contribution is 2.36. The summed E-state index contributed by atoms with van der Waals surface area (Å²) in [6.45, 7) is 10.4. The summed E-state index contributed by atoms with van der Waals surface area (Å²) in [5.41, 5.74) is 6.42. The van der Waals surface area contributed by atoms with E-state index in [-0.39, 0.29) is 23.5 Å². The Labute approximate surface area is 257 Å². The standard InChI is InChI=1S/C37H47NO5/c1-26(27-16-19-31(20-17-27)37(2,3)4)43-34-14-7-6-11-28(34)22-24-38(23-9-8-15-35(39)42-5)33-13-10-12-29-25-30(36(40)41)18-21-32(29)33/h6-7,11,14,16-21,25-26,33H,8-10,12-13,15,22-24H2,1-5H3,(H,40,41)/t26-,33?/m0/s1. The van der Waals surface area contributed by atoms with Gasteiger partial charge in [-0.25, -0.2) is 4.79 Å². The molecule has 1 aliphatic rings. The Morgan fingerprint density at radius 3 is 2.44 bits per heavy atom. The Bertz CT molecular complexity index is 1370. The van der Waals surface area contributed by atoms with Crippen LogP contribution in [0.15, 0.2) is 66.7 Å². The molecule has 43 heavy (non-hydrogen) atoms. The molecule has 1 unspecified atom stereocenters. The third-order valence-corrected chi connectivity index (χ3v) is 8.61. The zero-order valence-corrected chi connectivity index (χ0v) is 26.4. The van der Waals surface area contributed by atoms with E-state index in [0.29, 0.717) is 12.0 Å². The molecule has 6 heteroatoms. The topological polar surface area (TPSA) is 76.1 Å². The van der Waals surface area contributed by atoms with Gasteiger partial charge in [-0.15, -0.1) is 0 Å². The second kappa shape index (κ2) is 14.7. The van der Waals surface area contributed by atoms with Crippen molar-refractivity contribution >= 4 is 11.9 Å². The van der Waals surface area contributed by atoms with Gasteiger partial charge in [0.2, 0.25) is 0 Å². The van der Waals surface area contributed by atoms with Gasteiger partial charge in [0.1, 0.15) is 11.9 Å². The maximum atomic E-state index is 11.7. The molecule has 2 atom stereocenters. The first kappa shape index (κ1) is 32.3. The van der Waals surface area contributed by atoms with Crippen molar-refractivity contribution in [2.75, 3.05) is 20.2 Å². The number of aryl methyl sites for hydroxylation is 1. The summed E-state index contributed by atoms with van der Waals surface area (Å²) in [6.07, 6.45) is 5.74. The minimum atomic E-state index is -0.888. The molecule has 3 aromatic rings. The largest absolute Gasteiger partial charge is 0.486 e. The van der Waals surface area contributed by atoms with Gasteiger partial charge in [-0.1, -0.05) is 69.3 Å². The molecular formula is C37H47NO5. The number of fused-ring (bicyclic) bond motifs is 1. The Kier molecular flexibility index (Phi) is 11.0. The number of hydrogen-bond donors (Lipinski definition) is 1. The van der Waals surface area contributed by atoms with E-state index in [1.807, 2.05) is 18.2 Å². The number of carboxylic acid groups (broad SMARTS) is 1. The normalized spacial score (nSPS) is 15.5. The summed E-state index contributed by atoms with van der Waals surface area (Å²) in [6, 6.07) is 22.8. The molecule has 0 fully saturated rings. The number of benzene rings is 3. The van der Waals surface area contributed by atoms with Gasteiger partial charge in [0, 0.05) is 19.0 Å². The average molecular weight is 586 g/mol. The van der Waals surface area contributed by atoms with Crippen LogP contribution in [0.1, 0.15) is 110 Å².